The number of carbonyl (C=O) groups excluding carboxylic acids is 1. The number of nitrogens with zero attached hydrogens (tertiary/aromatic N) is 3. The second-order valence-corrected chi connectivity index (χ2v) is 8.56. The normalized spacial score (nSPS) is 15.1. The molecule has 168 valence electrons. The van der Waals surface area contributed by atoms with Crippen LogP contribution in [0.15, 0.2) is 59.1 Å². The van der Waals surface area contributed by atoms with Gasteiger partial charge in [0.05, 0.1) is 11.6 Å². The number of hydrazine groups is 1. The molecular formula is C26H27N5O2. The monoisotopic (exact) mass is 441 g/mol. The van der Waals surface area contributed by atoms with Crippen LogP contribution in [0.25, 0.3) is 21.9 Å². The Morgan fingerprint density at radius 1 is 1.09 bits per heavy atom. The van der Waals surface area contributed by atoms with E-state index in [1.807, 2.05) is 47.5 Å². The molecule has 5 rings (SSSR count). The fraction of sp³-hybridized carbons (Fsp3) is 0.308. The summed E-state index contributed by atoms with van der Waals surface area (Å²) in [6, 6.07) is 17.4. The summed E-state index contributed by atoms with van der Waals surface area (Å²) in [6.07, 6.45) is 5.29. The highest BCUT2D eigenvalue weighted by atomic mass is 16.3. The Labute approximate surface area is 192 Å². The number of rotatable bonds is 7. The summed E-state index contributed by atoms with van der Waals surface area (Å²) in [4.78, 5) is 18.3. The molecule has 7 heteroatoms. The summed E-state index contributed by atoms with van der Waals surface area (Å²) in [6.45, 7) is 4.51. The van der Waals surface area contributed by atoms with Crippen LogP contribution in [0.3, 0.4) is 0 Å². The van der Waals surface area contributed by atoms with Crippen molar-refractivity contribution < 1.29 is 9.21 Å². The molecule has 1 aliphatic rings. The number of benzene rings is 2. The topological polar surface area (TPSA) is 88.3 Å². The number of carbonyl (C=O) groups is 1. The smallest absolute Gasteiger partial charge is 0.301 e. The van der Waals surface area contributed by atoms with Crippen molar-refractivity contribution in [3.05, 3.63) is 71.6 Å². The Morgan fingerprint density at radius 2 is 1.94 bits per heavy atom. The van der Waals surface area contributed by atoms with Crippen LogP contribution in [0.2, 0.25) is 0 Å². The number of amides is 1. The largest absolute Gasteiger partial charge is 0.451 e. The molecule has 0 unspecified atom stereocenters. The lowest BCUT2D eigenvalue weighted by molar-refractivity contribution is 0.0595. The average molecular weight is 442 g/mol. The van der Waals surface area contributed by atoms with Crippen LogP contribution in [0.5, 0.6) is 0 Å². The molecule has 0 radical (unpaired) electrons. The number of hydrogen-bond acceptors (Lipinski definition) is 5. The molecule has 33 heavy (non-hydrogen) atoms. The third kappa shape index (κ3) is 4.77. The lowest BCUT2D eigenvalue weighted by Gasteiger charge is -2.34. The van der Waals surface area contributed by atoms with E-state index in [0.29, 0.717) is 11.3 Å². The zero-order valence-corrected chi connectivity index (χ0v) is 18.5. The minimum absolute atomic E-state index is 0.196. The molecule has 1 aliphatic heterocycles. The Kier molecular flexibility index (Phi) is 6.11. The number of nitriles is 1. The Hall–Kier alpha value is -3.60. The first-order valence-corrected chi connectivity index (χ1v) is 11.5. The SMILES string of the molecule is N#Cc1ccc2[nH]cc(CCCCN3CCN(NC(=O)c4cc5ccccc5o4)CC3)c2c1. The van der Waals surface area contributed by atoms with Crippen LogP contribution in [0, 0.1) is 11.3 Å². The molecular weight excluding hydrogens is 414 g/mol. The number of fused-ring (bicyclic) bond motifs is 2. The lowest BCUT2D eigenvalue weighted by Crippen LogP contribution is -2.53. The van der Waals surface area contributed by atoms with Gasteiger partial charge in [0, 0.05) is 48.7 Å². The highest BCUT2D eigenvalue weighted by Gasteiger charge is 2.20. The summed E-state index contributed by atoms with van der Waals surface area (Å²) in [5, 5.41) is 13.2. The van der Waals surface area contributed by atoms with Gasteiger partial charge in [-0.3, -0.25) is 10.2 Å². The number of unbranched alkanes of at least 4 members (excludes halogenated alkanes) is 1. The van der Waals surface area contributed by atoms with Gasteiger partial charge in [-0.2, -0.15) is 5.26 Å². The van der Waals surface area contributed by atoms with Crippen LogP contribution >= 0.6 is 0 Å². The number of aromatic nitrogens is 1. The van der Waals surface area contributed by atoms with Gasteiger partial charge in [-0.25, -0.2) is 5.01 Å². The minimum Gasteiger partial charge on any atom is -0.451 e. The molecule has 0 bridgehead atoms. The fourth-order valence-electron chi connectivity index (χ4n) is 4.48. The van der Waals surface area contributed by atoms with Crippen LogP contribution < -0.4 is 5.43 Å². The number of piperazine rings is 1. The molecule has 1 saturated heterocycles. The van der Waals surface area contributed by atoms with Crippen molar-refractivity contribution in [2.75, 3.05) is 32.7 Å². The molecule has 2 N–H and O–H groups in total. The van der Waals surface area contributed by atoms with E-state index in [9.17, 15) is 4.79 Å². The van der Waals surface area contributed by atoms with Crippen molar-refractivity contribution in [3.63, 3.8) is 0 Å². The lowest BCUT2D eigenvalue weighted by atomic mass is 10.1. The standard InChI is InChI=1S/C26H27N5O2/c27-17-19-8-9-23-22(15-19)21(18-28-23)6-3-4-10-30-11-13-31(14-12-30)29-26(32)25-16-20-5-1-2-7-24(20)33-25/h1-2,5,7-9,15-16,18,28H,3-4,6,10-14H2,(H,29,32). The van der Waals surface area contributed by atoms with Crippen molar-refractivity contribution in [3.8, 4) is 6.07 Å². The second-order valence-electron chi connectivity index (χ2n) is 8.56. The molecule has 3 heterocycles. The summed E-state index contributed by atoms with van der Waals surface area (Å²) in [5.74, 6) is 0.149. The Balaban J connectivity index is 1.05. The zero-order chi connectivity index (χ0) is 22.6. The highest BCUT2D eigenvalue weighted by molar-refractivity contribution is 5.95. The second kappa shape index (κ2) is 9.49. The van der Waals surface area contributed by atoms with Crippen molar-refractivity contribution in [2.45, 2.75) is 19.3 Å². The van der Waals surface area contributed by atoms with Gasteiger partial charge in [0.15, 0.2) is 5.76 Å². The van der Waals surface area contributed by atoms with E-state index in [1.54, 1.807) is 6.07 Å². The number of nitrogens with one attached hydrogen (secondary N) is 2. The van der Waals surface area contributed by atoms with Gasteiger partial charge in [-0.05, 0) is 61.7 Å². The number of H-pyrrole nitrogens is 1. The van der Waals surface area contributed by atoms with E-state index >= 15 is 0 Å². The number of aromatic amines is 1. The summed E-state index contributed by atoms with van der Waals surface area (Å²) in [7, 11) is 0. The van der Waals surface area contributed by atoms with Gasteiger partial charge in [-0.15, -0.1) is 0 Å². The van der Waals surface area contributed by atoms with E-state index in [1.165, 1.54) is 5.56 Å². The predicted octanol–water partition coefficient (Wildman–Crippen LogP) is 4.07. The zero-order valence-electron chi connectivity index (χ0n) is 18.5. The molecule has 0 saturated carbocycles. The van der Waals surface area contributed by atoms with E-state index < -0.39 is 0 Å². The van der Waals surface area contributed by atoms with Crippen LogP contribution in [-0.2, 0) is 6.42 Å². The van der Waals surface area contributed by atoms with Gasteiger partial charge >= 0.3 is 5.91 Å². The van der Waals surface area contributed by atoms with Gasteiger partial charge in [0.25, 0.3) is 0 Å². The summed E-state index contributed by atoms with van der Waals surface area (Å²) in [5.41, 5.74) is 6.77. The van der Waals surface area contributed by atoms with Crippen LogP contribution in [-0.4, -0.2) is 53.5 Å². The van der Waals surface area contributed by atoms with Gasteiger partial charge in [-0.1, -0.05) is 18.2 Å². The minimum atomic E-state index is -0.196. The maximum atomic E-state index is 12.5. The fourth-order valence-corrected chi connectivity index (χ4v) is 4.48. The maximum absolute atomic E-state index is 12.5. The van der Waals surface area contributed by atoms with Crippen molar-refractivity contribution in [1.29, 1.82) is 5.26 Å². The first-order valence-electron chi connectivity index (χ1n) is 11.5. The number of para-hydroxylation sites is 1. The average Bonchev–Trinajstić information content (AvgIpc) is 3.46. The molecule has 1 fully saturated rings. The van der Waals surface area contributed by atoms with Gasteiger partial charge in [0.1, 0.15) is 5.58 Å². The number of hydrogen-bond donors (Lipinski definition) is 2. The molecule has 0 aliphatic carbocycles. The predicted molar refractivity (Wildman–Crippen MR) is 128 cm³/mol. The van der Waals surface area contributed by atoms with E-state index in [4.69, 9.17) is 9.68 Å². The van der Waals surface area contributed by atoms with Crippen molar-refractivity contribution >= 4 is 27.8 Å². The number of aryl methyl sites for hydroxylation is 1. The third-order valence-electron chi connectivity index (χ3n) is 6.35. The van der Waals surface area contributed by atoms with Gasteiger partial charge in [0.2, 0.25) is 0 Å². The Morgan fingerprint density at radius 3 is 2.76 bits per heavy atom. The number of furan rings is 1. The summed E-state index contributed by atoms with van der Waals surface area (Å²) >= 11 is 0. The highest BCUT2D eigenvalue weighted by Crippen LogP contribution is 2.22. The Bertz CT molecular complexity index is 1270. The molecule has 7 nitrogen and oxygen atoms in total. The molecule has 2 aromatic carbocycles. The molecule has 4 aromatic rings. The van der Waals surface area contributed by atoms with Crippen molar-refractivity contribution in [1.82, 2.24) is 20.3 Å². The summed E-state index contributed by atoms with van der Waals surface area (Å²) < 4.78 is 5.66. The van der Waals surface area contributed by atoms with Gasteiger partial charge < -0.3 is 14.3 Å². The quantitative estimate of drug-likeness (QED) is 0.422. The third-order valence-corrected chi connectivity index (χ3v) is 6.35. The van der Waals surface area contributed by atoms with E-state index in [-0.39, 0.29) is 5.91 Å². The van der Waals surface area contributed by atoms with Crippen molar-refractivity contribution in [2.24, 2.45) is 0 Å². The maximum Gasteiger partial charge on any atom is 0.301 e. The molecule has 0 spiro atoms. The van der Waals surface area contributed by atoms with Crippen LogP contribution in [0.1, 0.15) is 34.5 Å². The van der Waals surface area contributed by atoms with E-state index in [2.05, 4.69) is 27.6 Å². The first-order chi connectivity index (χ1) is 16.2. The van der Waals surface area contributed by atoms with E-state index in [0.717, 1.165) is 73.9 Å². The molecule has 1 amide bonds. The molecule has 2 aromatic heterocycles. The first kappa shape index (κ1) is 21.3. The molecule has 0 atom stereocenters. The van der Waals surface area contributed by atoms with Crippen LogP contribution in [0.4, 0.5) is 0 Å².